The predicted molar refractivity (Wildman–Crippen MR) is 76.1 cm³/mol. The van der Waals surface area contributed by atoms with Gasteiger partial charge in [-0.2, -0.15) is 0 Å². The maximum atomic E-state index is 11.9. The van der Waals surface area contributed by atoms with Gasteiger partial charge in [0, 0.05) is 31.4 Å². The van der Waals surface area contributed by atoms with Gasteiger partial charge in [0.15, 0.2) is 5.65 Å². The van der Waals surface area contributed by atoms with Gasteiger partial charge in [0.2, 0.25) is 5.56 Å². The molecule has 0 saturated heterocycles. The van der Waals surface area contributed by atoms with Crippen molar-refractivity contribution in [2.45, 2.75) is 6.42 Å². The van der Waals surface area contributed by atoms with Gasteiger partial charge in [0.05, 0.1) is 5.56 Å². The Kier molecular flexibility index (Phi) is 3.46. The van der Waals surface area contributed by atoms with Crippen LogP contribution >= 0.6 is 0 Å². The SMILES string of the molecule is O=C(NCCc1nnc2ccccn12)c1ccc(=O)[nH]c1. The second-order valence-corrected chi connectivity index (χ2v) is 4.49. The molecule has 0 aliphatic heterocycles. The van der Waals surface area contributed by atoms with E-state index >= 15 is 0 Å². The van der Waals surface area contributed by atoms with E-state index < -0.39 is 0 Å². The van der Waals surface area contributed by atoms with Gasteiger partial charge in [0.25, 0.3) is 5.91 Å². The summed E-state index contributed by atoms with van der Waals surface area (Å²) in [6.07, 6.45) is 3.85. The number of hydrogen-bond acceptors (Lipinski definition) is 4. The van der Waals surface area contributed by atoms with Crippen LogP contribution in [0.4, 0.5) is 0 Å². The molecule has 0 fully saturated rings. The molecular formula is C14H13N5O2. The molecule has 0 radical (unpaired) electrons. The van der Waals surface area contributed by atoms with Crippen LogP contribution in [0.3, 0.4) is 0 Å². The number of hydrogen-bond donors (Lipinski definition) is 2. The fourth-order valence-electron chi connectivity index (χ4n) is 2.00. The number of aromatic amines is 1. The monoisotopic (exact) mass is 283 g/mol. The van der Waals surface area contributed by atoms with E-state index in [9.17, 15) is 9.59 Å². The number of carbonyl (C=O) groups is 1. The minimum atomic E-state index is -0.236. The van der Waals surface area contributed by atoms with Gasteiger partial charge in [-0.05, 0) is 18.2 Å². The van der Waals surface area contributed by atoms with Gasteiger partial charge in [-0.3, -0.25) is 14.0 Å². The molecule has 0 bridgehead atoms. The average Bonchev–Trinajstić information content (AvgIpc) is 2.91. The van der Waals surface area contributed by atoms with Crippen molar-refractivity contribution < 1.29 is 4.79 Å². The third-order valence-corrected chi connectivity index (χ3v) is 3.06. The van der Waals surface area contributed by atoms with E-state index in [0.29, 0.717) is 18.5 Å². The summed E-state index contributed by atoms with van der Waals surface area (Å²) in [6.45, 7) is 0.438. The lowest BCUT2D eigenvalue weighted by atomic mass is 10.2. The van der Waals surface area contributed by atoms with Crippen molar-refractivity contribution in [3.8, 4) is 0 Å². The van der Waals surface area contributed by atoms with Crippen LogP contribution in [0.25, 0.3) is 5.65 Å². The van der Waals surface area contributed by atoms with Gasteiger partial charge in [-0.25, -0.2) is 0 Å². The van der Waals surface area contributed by atoms with E-state index in [1.165, 1.54) is 18.3 Å². The molecule has 2 N–H and O–H groups in total. The number of H-pyrrole nitrogens is 1. The fraction of sp³-hybridized carbons (Fsp3) is 0.143. The molecule has 3 heterocycles. The molecule has 0 unspecified atom stereocenters. The van der Waals surface area contributed by atoms with Crippen molar-refractivity contribution in [3.63, 3.8) is 0 Å². The molecule has 0 aromatic carbocycles. The van der Waals surface area contributed by atoms with Gasteiger partial charge in [0.1, 0.15) is 5.82 Å². The first-order valence-electron chi connectivity index (χ1n) is 6.49. The molecular weight excluding hydrogens is 270 g/mol. The first-order valence-corrected chi connectivity index (χ1v) is 6.49. The van der Waals surface area contributed by atoms with Crippen molar-refractivity contribution in [2.75, 3.05) is 6.54 Å². The maximum Gasteiger partial charge on any atom is 0.252 e. The van der Waals surface area contributed by atoms with Crippen LogP contribution in [-0.4, -0.2) is 32.0 Å². The molecule has 0 spiro atoms. The van der Waals surface area contributed by atoms with Crippen LogP contribution < -0.4 is 10.9 Å². The zero-order chi connectivity index (χ0) is 14.7. The normalized spacial score (nSPS) is 10.7. The van der Waals surface area contributed by atoms with Crippen molar-refractivity contribution >= 4 is 11.6 Å². The van der Waals surface area contributed by atoms with E-state index in [1.54, 1.807) is 0 Å². The lowest BCUT2D eigenvalue weighted by Crippen LogP contribution is -2.26. The smallest absolute Gasteiger partial charge is 0.252 e. The first-order chi connectivity index (χ1) is 10.2. The van der Waals surface area contributed by atoms with Crippen LogP contribution in [0.5, 0.6) is 0 Å². The average molecular weight is 283 g/mol. The van der Waals surface area contributed by atoms with Crippen molar-refractivity contribution in [2.24, 2.45) is 0 Å². The van der Waals surface area contributed by atoms with E-state index in [0.717, 1.165) is 11.5 Å². The van der Waals surface area contributed by atoms with Crippen molar-refractivity contribution in [3.05, 3.63) is 64.5 Å². The third-order valence-electron chi connectivity index (χ3n) is 3.06. The second-order valence-electron chi connectivity index (χ2n) is 4.49. The van der Waals surface area contributed by atoms with Crippen LogP contribution in [0.2, 0.25) is 0 Å². The highest BCUT2D eigenvalue weighted by molar-refractivity contribution is 5.93. The molecule has 0 atom stereocenters. The van der Waals surface area contributed by atoms with E-state index in [-0.39, 0.29) is 11.5 Å². The maximum absolute atomic E-state index is 11.9. The van der Waals surface area contributed by atoms with Crippen LogP contribution in [-0.2, 0) is 6.42 Å². The van der Waals surface area contributed by atoms with Crippen molar-refractivity contribution in [1.29, 1.82) is 0 Å². The Morgan fingerprint density at radius 2 is 2.14 bits per heavy atom. The fourth-order valence-corrected chi connectivity index (χ4v) is 2.00. The van der Waals surface area contributed by atoms with E-state index in [2.05, 4.69) is 20.5 Å². The minimum Gasteiger partial charge on any atom is -0.352 e. The quantitative estimate of drug-likeness (QED) is 0.724. The van der Waals surface area contributed by atoms with Crippen LogP contribution in [0, 0.1) is 0 Å². The molecule has 3 rings (SSSR count). The standard InChI is InChI=1S/C14H13N5O2/c20-13-5-4-10(9-16-13)14(21)15-7-6-12-18-17-11-3-1-2-8-19(11)12/h1-5,8-9H,6-7H2,(H,15,21)(H,16,20). The Balaban J connectivity index is 1.62. The molecule has 1 amide bonds. The summed E-state index contributed by atoms with van der Waals surface area (Å²) < 4.78 is 1.88. The number of nitrogens with one attached hydrogen (secondary N) is 2. The highest BCUT2D eigenvalue weighted by atomic mass is 16.1. The summed E-state index contributed by atoms with van der Waals surface area (Å²) in [5.41, 5.74) is 0.960. The van der Waals surface area contributed by atoms with Gasteiger partial charge in [-0.1, -0.05) is 6.07 Å². The van der Waals surface area contributed by atoms with Gasteiger partial charge in [-0.15, -0.1) is 10.2 Å². The summed E-state index contributed by atoms with van der Waals surface area (Å²) in [5.74, 6) is 0.549. The molecule has 3 aromatic rings. The Hall–Kier alpha value is -2.96. The largest absolute Gasteiger partial charge is 0.352 e. The summed E-state index contributed by atoms with van der Waals surface area (Å²) in [6, 6.07) is 8.47. The van der Waals surface area contributed by atoms with Crippen molar-refractivity contribution in [1.82, 2.24) is 24.9 Å². The summed E-state index contributed by atoms with van der Waals surface area (Å²) in [4.78, 5) is 25.3. The van der Waals surface area contributed by atoms with Crippen LogP contribution in [0.15, 0.2) is 47.5 Å². The molecule has 3 aromatic heterocycles. The lowest BCUT2D eigenvalue weighted by molar-refractivity contribution is 0.0953. The summed E-state index contributed by atoms with van der Waals surface area (Å²) >= 11 is 0. The molecule has 7 nitrogen and oxygen atoms in total. The molecule has 0 aliphatic carbocycles. The zero-order valence-corrected chi connectivity index (χ0v) is 11.1. The van der Waals surface area contributed by atoms with Gasteiger partial charge < -0.3 is 10.3 Å². The number of carbonyl (C=O) groups excluding carboxylic acids is 1. The zero-order valence-electron chi connectivity index (χ0n) is 11.1. The topological polar surface area (TPSA) is 92.2 Å². The second kappa shape index (κ2) is 5.58. The molecule has 0 saturated carbocycles. The highest BCUT2D eigenvalue weighted by Gasteiger charge is 2.07. The Labute approximate surface area is 119 Å². The number of fused-ring (bicyclic) bond motifs is 1. The molecule has 21 heavy (non-hydrogen) atoms. The predicted octanol–water partition coefficient (Wildman–Crippen LogP) is 0.390. The van der Waals surface area contributed by atoms with Gasteiger partial charge >= 0.3 is 0 Å². The molecule has 7 heteroatoms. The third kappa shape index (κ3) is 2.81. The molecule has 0 aliphatic rings. The number of aromatic nitrogens is 4. The van der Waals surface area contributed by atoms with E-state index in [1.807, 2.05) is 28.8 Å². The number of rotatable bonds is 4. The Bertz CT molecular complexity index is 816. The number of amides is 1. The van der Waals surface area contributed by atoms with Crippen LogP contribution in [0.1, 0.15) is 16.2 Å². The van der Waals surface area contributed by atoms with E-state index in [4.69, 9.17) is 0 Å². The molecule has 106 valence electrons. The minimum absolute atomic E-state index is 0.235. The Morgan fingerprint density at radius 3 is 2.95 bits per heavy atom. The Morgan fingerprint density at radius 1 is 1.24 bits per heavy atom. The number of pyridine rings is 2. The highest BCUT2D eigenvalue weighted by Crippen LogP contribution is 2.03. The number of nitrogens with zero attached hydrogens (tertiary/aromatic N) is 3. The summed E-state index contributed by atoms with van der Waals surface area (Å²) in [7, 11) is 0. The summed E-state index contributed by atoms with van der Waals surface area (Å²) in [5, 5.41) is 10.9. The first kappa shape index (κ1) is 13.0. The lowest BCUT2D eigenvalue weighted by Gasteiger charge is -2.04.